The topological polar surface area (TPSA) is 40.2 Å². The molecular weight excluding hydrogens is 473 g/mol. The normalized spacial score (nSPS) is 17.9. The molecule has 160 valence electrons. The molecule has 1 aromatic carbocycles. The first-order valence-electron chi connectivity index (χ1n) is 10.4. The molecule has 1 aromatic heterocycles. The first kappa shape index (κ1) is 24.4. The SMILES string of the molecule is CCCCCCCCCCN1c2nccc[n+]2CC1(O)c1ccc(Cl)c(Cl)c1.[Br-]. The number of hydrogen-bond donors (Lipinski definition) is 1. The van der Waals surface area contributed by atoms with Gasteiger partial charge in [0.15, 0.2) is 0 Å². The Labute approximate surface area is 194 Å². The number of rotatable bonds is 10. The van der Waals surface area contributed by atoms with Crippen LogP contribution in [-0.2, 0) is 12.3 Å². The molecule has 0 spiro atoms. The van der Waals surface area contributed by atoms with E-state index in [9.17, 15) is 5.11 Å². The van der Waals surface area contributed by atoms with Crippen LogP contribution in [0.1, 0.15) is 63.9 Å². The average Bonchev–Trinajstić information content (AvgIpc) is 2.98. The Morgan fingerprint density at radius 3 is 2.45 bits per heavy atom. The third kappa shape index (κ3) is 5.84. The van der Waals surface area contributed by atoms with E-state index in [0.717, 1.165) is 30.9 Å². The molecule has 1 N–H and O–H groups in total. The van der Waals surface area contributed by atoms with Crippen LogP contribution in [0.2, 0.25) is 10.0 Å². The molecule has 0 fully saturated rings. The quantitative estimate of drug-likeness (QED) is 0.400. The maximum Gasteiger partial charge on any atom is 0.396 e. The molecule has 1 aliphatic heterocycles. The molecule has 0 saturated carbocycles. The van der Waals surface area contributed by atoms with E-state index in [1.165, 1.54) is 38.5 Å². The number of aromatic nitrogens is 2. The van der Waals surface area contributed by atoms with E-state index in [1.54, 1.807) is 18.3 Å². The fourth-order valence-electron chi connectivity index (χ4n) is 3.91. The molecule has 1 atom stereocenters. The molecule has 0 saturated heterocycles. The van der Waals surface area contributed by atoms with Gasteiger partial charge in [0.2, 0.25) is 5.72 Å². The number of fused-ring (bicyclic) bond motifs is 1. The van der Waals surface area contributed by atoms with E-state index in [-0.39, 0.29) is 17.0 Å². The molecule has 0 bridgehead atoms. The zero-order chi connectivity index (χ0) is 20.0. The third-order valence-corrected chi connectivity index (χ3v) is 6.23. The van der Waals surface area contributed by atoms with E-state index < -0.39 is 5.72 Å². The van der Waals surface area contributed by atoms with Crippen molar-refractivity contribution < 1.29 is 26.7 Å². The smallest absolute Gasteiger partial charge is 0.396 e. The summed E-state index contributed by atoms with van der Waals surface area (Å²) in [4.78, 5) is 6.52. The fraction of sp³-hybridized carbons (Fsp3) is 0.545. The van der Waals surface area contributed by atoms with E-state index in [0.29, 0.717) is 16.6 Å². The molecule has 7 heteroatoms. The Hall–Kier alpha value is -0.880. The van der Waals surface area contributed by atoms with Gasteiger partial charge in [-0.25, -0.2) is 9.47 Å². The molecule has 0 amide bonds. The molecular formula is C22H30BrCl2N3O. The highest BCUT2D eigenvalue weighted by Crippen LogP contribution is 2.36. The number of anilines is 1. The third-order valence-electron chi connectivity index (χ3n) is 5.49. The van der Waals surface area contributed by atoms with Crippen molar-refractivity contribution in [1.82, 2.24) is 4.98 Å². The summed E-state index contributed by atoms with van der Waals surface area (Å²) in [6.45, 7) is 3.42. The van der Waals surface area contributed by atoms with Crippen LogP contribution in [-0.4, -0.2) is 16.6 Å². The summed E-state index contributed by atoms with van der Waals surface area (Å²) in [5.41, 5.74) is -0.427. The van der Waals surface area contributed by atoms with Gasteiger partial charge in [-0.15, -0.1) is 0 Å². The molecule has 2 heterocycles. The van der Waals surface area contributed by atoms with Crippen molar-refractivity contribution in [3.05, 3.63) is 52.3 Å². The molecule has 4 nitrogen and oxygen atoms in total. The van der Waals surface area contributed by atoms with Crippen LogP contribution in [0, 0.1) is 0 Å². The van der Waals surface area contributed by atoms with Crippen LogP contribution in [0.4, 0.5) is 5.95 Å². The monoisotopic (exact) mass is 501 g/mol. The van der Waals surface area contributed by atoms with Gasteiger partial charge in [0, 0.05) is 11.6 Å². The second-order valence-electron chi connectivity index (χ2n) is 7.62. The Morgan fingerprint density at radius 2 is 1.76 bits per heavy atom. The minimum atomic E-state index is -1.17. The van der Waals surface area contributed by atoms with Crippen molar-refractivity contribution in [2.75, 3.05) is 11.4 Å². The number of halogens is 3. The van der Waals surface area contributed by atoms with Crippen LogP contribution in [0.15, 0.2) is 36.7 Å². The van der Waals surface area contributed by atoms with E-state index >= 15 is 0 Å². The van der Waals surface area contributed by atoms with Gasteiger partial charge in [-0.3, -0.25) is 0 Å². The number of hydrogen-bond acceptors (Lipinski definition) is 3. The number of aliphatic hydroxyl groups is 1. The molecule has 1 aliphatic rings. The van der Waals surface area contributed by atoms with Gasteiger partial charge < -0.3 is 22.1 Å². The van der Waals surface area contributed by atoms with E-state index in [4.69, 9.17) is 23.2 Å². The van der Waals surface area contributed by atoms with Gasteiger partial charge in [-0.05, 0) is 18.6 Å². The van der Waals surface area contributed by atoms with Crippen LogP contribution in [0.25, 0.3) is 0 Å². The van der Waals surface area contributed by atoms with Crippen molar-refractivity contribution in [3.8, 4) is 0 Å². The van der Waals surface area contributed by atoms with Crippen LogP contribution in [0.3, 0.4) is 0 Å². The highest BCUT2D eigenvalue weighted by Gasteiger charge is 2.51. The lowest BCUT2D eigenvalue weighted by atomic mass is 10.0. The van der Waals surface area contributed by atoms with Crippen molar-refractivity contribution in [2.45, 2.75) is 70.6 Å². The number of unbranched alkanes of at least 4 members (excludes halogenated alkanes) is 7. The molecule has 0 aliphatic carbocycles. The fourth-order valence-corrected chi connectivity index (χ4v) is 4.21. The second kappa shape index (κ2) is 11.5. The predicted molar refractivity (Wildman–Crippen MR) is 115 cm³/mol. The average molecular weight is 503 g/mol. The summed E-state index contributed by atoms with van der Waals surface area (Å²) in [5, 5.41) is 12.6. The molecule has 1 unspecified atom stereocenters. The zero-order valence-corrected chi connectivity index (χ0v) is 20.1. The van der Waals surface area contributed by atoms with Crippen molar-refractivity contribution >= 4 is 29.2 Å². The maximum atomic E-state index is 11.6. The zero-order valence-electron chi connectivity index (χ0n) is 17.0. The summed E-state index contributed by atoms with van der Waals surface area (Å²) in [7, 11) is 0. The standard InChI is InChI=1S/C22H30Cl2N3O.BrH/c1-2-3-4-5-6-7-8-9-15-27-21-25-13-10-14-26(21)17-22(27,28)18-11-12-19(23)20(24)16-18;/h10-14,16,28H,2-9,15,17H2,1H3;1H/q+1;/p-1. The van der Waals surface area contributed by atoms with E-state index in [2.05, 4.69) is 11.9 Å². The first-order valence-corrected chi connectivity index (χ1v) is 11.1. The lowest BCUT2D eigenvalue weighted by Gasteiger charge is -2.28. The molecule has 3 rings (SSSR count). The Balaban J connectivity index is 0.00000300. The lowest BCUT2D eigenvalue weighted by Crippen LogP contribution is -3.00. The minimum absolute atomic E-state index is 0. The van der Waals surface area contributed by atoms with Gasteiger partial charge in [0.1, 0.15) is 12.7 Å². The van der Waals surface area contributed by atoms with Crippen LogP contribution in [0.5, 0.6) is 0 Å². The van der Waals surface area contributed by atoms with Crippen molar-refractivity contribution in [1.29, 1.82) is 0 Å². The lowest BCUT2D eigenvalue weighted by molar-refractivity contribution is -0.685. The van der Waals surface area contributed by atoms with Gasteiger partial charge in [0.05, 0.1) is 22.8 Å². The summed E-state index contributed by atoms with van der Waals surface area (Å²) >= 11 is 12.3. The Kier molecular flexibility index (Phi) is 9.67. The summed E-state index contributed by atoms with van der Waals surface area (Å²) in [6.07, 6.45) is 13.7. The second-order valence-corrected chi connectivity index (χ2v) is 8.43. The Bertz CT molecular complexity index is 792. The highest BCUT2D eigenvalue weighted by molar-refractivity contribution is 6.42. The maximum absolute atomic E-state index is 11.6. The summed E-state index contributed by atoms with van der Waals surface area (Å²) < 4.78 is 1.99. The molecule has 29 heavy (non-hydrogen) atoms. The number of benzene rings is 1. The highest BCUT2D eigenvalue weighted by atomic mass is 79.9. The number of nitrogens with zero attached hydrogens (tertiary/aromatic N) is 3. The first-order chi connectivity index (χ1) is 13.6. The van der Waals surface area contributed by atoms with Gasteiger partial charge in [-0.1, -0.05) is 86.1 Å². The van der Waals surface area contributed by atoms with Crippen LogP contribution >= 0.6 is 23.2 Å². The Morgan fingerprint density at radius 1 is 1.07 bits per heavy atom. The summed E-state index contributed by atoms with van der Waals surface area (Å²) in [6, 6.07) is 7.24. The van der Waals surface area contributed by atoms with Gasteiger partial charge >= 0.3 is 5.95 Å². The van der Waals surface area contributed by atoms with Gasteiger partial charge in [0.25, 0.3) is 0 Å². The van der Waals surface area contributed by atoms with Crippen LogP contribution < -0.4 is 26.4 Å². The molecule has 0 radical (unpaired) electrons. The largest absolute Gasteiger partial charge is 1.00 e. The summed E-state index contributed by atoms with van der Waals surface area (Å²) in [5.74, 6) is 0.791. The minimum Gasteiger partial charge on any atom is -1.00 e. The van der Waals surface area contributed by atoms with Crippen molar-refractivity contribution in [2.24, 2.45) is 0 Å². The molecule has 2 aromatic rings. The van der Waals surface area contributed by atoms with Crippen molar-refractivity contribution in [3.63, 3.8) is 0 Å². The van der Waals surface area contributed by atoms with Gasteiger partial charge in [-0.2, -0.15) is 0 Å². The van der Waals surface area contributed by atoms with E-state index in [1.807, 2.05) is 27.8 Å². The predicted octanol–water partition coefficient (Wildman–Crippen LogP) is 2.49.